The second kappa shape index (κ2) is 6.42. The van der Waals surface area contributed by atoms with Gasteiger partial charge in [0.1, 0.15) is 12.1 Å². The molecular weight excluding hydrogens is 244 g/mol. The molecule has 1 aromatic carbocycles. The maximum absolute atomic E-state index is 12.5. The summed E-state index contributed by atoms with van der Waals surface area (Å²) in [5.41, 5.74) is 5.42. The Hall–Kier alpha value is -1.53. The van der Waals surface area contributed by atoms with Gasteiger partial charge in [0.25, 0.3) is 6.43 Å². The molecule has 3 N–H and O–H groups in total. The van der Waals surface area contributed by atoms with Gasteiger partial charge < -0.3 is 15.6 Å². The first-order valence-electron chi connectivity index (χ1n) is 5.45. The fourth-order valence-electron chi connectivity index (χ4n) is 1.45. The number of nitrogens with two attached hydrogens (primary N) is 1. The van der Waals surface area contributed by atoms with E-state index in [1.165, 1.54) is 18.2 Å². The molecule has 18 heavy (non-hydrogen) atoms. The highest BCUT2D eigenvalue weighted by atomic mass is 19.3. The van der Waals surface area contributed by atoms with Crippen LogP contribution < -0.4 is 5.73 Å². The van der Waals surface area contributed by atoms with Crippen LogP contribution in [0.4, 0.5) is 8.78 Å². The number of alkyl halides is 2. The van der Waals surface area contributed by atoms with E-state index in [-0.39, 0.29) is 17.7 Å². The Bertz CT molecular complexity index is 412. The Labute approximate surface area is 103 Å². The summed E-state index contributed by atoms with van der Waals surface area (Å²) in [7, 11) is 0. The summed E-state index contributed by atoms with van der Waals surface area (Å²) < 4.78 is 29.6. The average molecular weight is 259 g/mol. The monoisotopic (exact) mass is 259 g/mol. The third-order valence-electron chi connectivity index (χ3n) is 2.40. The van der Waals surface area contributed by atoms with Crippen LogP contribution in [-0.2, 0) is 9.53 Å². The molecule has 0 saturated carbocycles. The minimum Gasteiger partial charge on any atom is -0.465 e. The summed E-state index contributed by atoms with van der Waals surface area (Å²) in [5, 5.41) is 9.82. The van der Waals surface area contributed by atoms with Gasteiger partial charge in [0.2, 0.25) is 0 Å². The van der Waals surface area contributed by atoms with Crippen LogP contribution in [0.25, 0.3) is 0 Å². The predicted octanol–water partition coefficient (Wildman–Crippen LogP) is 1.55. The van der Waals surface area contributed by atoms with Crippen LogP contribution in [0.5, 0.6) is 0 Å². The average Bonchev–Trinajstić information content (AvgIpc) is 2.37. The number of carbonyl (C=O) groups excluding carboxylic acids is 1. The van der Waals surface area contributed by atoms with Crippen molar-refractivity contribution in [3.8, 4) is 0 Å². The van der Waals surface area contributed by atoms with Gasteiger partial charge in [0.05, 0.1) is 6.61 Å². The normalized spacial score (nSPS) is 14.3. The van der Waals surface area contributed by atoms with Crippen LogP contribution >= 0.6 is 0 Å². The molecule has 0 fully saturated rings. The summed E-state index contributed by atoms with van der Waals surface area (Å²) in [6.07, 6.45) is -4.02. The van der Waals surface area contributed by atoms with Crippen molar-refractivity contribution in [3.63, 3.8) is 0 Å². The summed E-state index contributed by atoms with van der Waals surface area (Å²) in [6.45, 7) is 1.74. The SMILES string of the molecule is CCOC(=O)C(N)C(O)c1cccc(C(F)F)c1. The van der Waals surface area contributed by atoms with Crippen molar-refractivity contribution in [2.75, 3.05) is 6.61 Å². The number of esters is 1. The molecule has 0 aromatic heterocycles. The molecule has 1 rings (SSSR count). The fraction of sp³-hybridized carbons (Fsp3) is 0.417. The Balaban J connectivity index is 2.86. The number of rotatable bonds is 5. The zero-order chi connectivity index (χ0) is 13.7. The van der Waals surface area contributed by atoms with Gasteiger partial charge in [-0.05, 0) is 18.6 Å². The van der Waals surface area contributed by atoms with Gasteiger partial charge in [-0.15, -0.1) is 0 Å². The van der Waals surface area contributed by atoms with Crippen molar-refractivity contribution in [2.24, 2.45) is 5.73 Å². The van der Waals surface area contributed by atoms with E-state index in [4.69, 9.17) is 5.73 Å². The Morgan fingerprint density at radius 2 is 2.06 bits per heavy atom. The molecule has 0 amide bonds. The van der Waals surface area contributed by atoms with Crippen LogP contribution in [0.1, 0.15) is 30.6 Å². The van der Waals surface area contributed by atoms with E-state index in [0.29, 0.717) is 0 Å². The summed E-state index contributed by atoms with van der Waals surface area (Å²) in [4.78, 5) is 11.3. The molecule has 0 bridgehead atoms. The standard InChI is InChI=1S/C12H15F2NO3/c1-2-18-12(17)9(15)10(16)7-4-3-5-8(6-7)11(13)14/h3-6,9-11,16H,2,15H2,1H3. The molecule has 6 heteroatoms. The largest absolute Gasteiger partial charge is 0.465 e. The highest BCUT2D eigenvalue weighted by Gasteiger charge is 2.25. The molecule has 0 aliphatic carbocycles. The lowest BCUT2D eigenvalue weighted by atomic mass is 10.0. The van der Waals surface area contributed by atoms with E-state index < -0.39 is 24.5 Å². The zero-order valence-electron chi connectivity index (χ0n) is 9.85. The van der Waals surface area contributed by atoms with Crippen LogP contribution in [0.3, 0.4) is 0 Å². The van der Waals surface area contributed by atoms with Crippen LogP contribution in [0, 0.1) is 0 Å². The molecule has 0 spiro atoms. The quantitative estimate of drug-likeness (QED) is 0.787. The lowest BCUT2D eigenvalue weighted by Gasteiger charge is -2.18. The molecule has 100 valence electrons. The molecular formula is C12H15F2NO3. The van der Waals surface area contributed by atoms with Gasteiger partial charge in [-0.1, -0.05) is 18.2 Å². The van der Waals surface area contributed by atoms with Crippen molar-refractivity contribution < 1.29 is 23.4 Å². The molecule has 4 nitrogen and oxygen atoms in total. The lowest BCUT2D eigenvalue weighted by molar-refractivity contribution is -0.147. The predicted molar refractivity (Wildman–Crippen MR) is 61.0 cm³/mol. The van der Waals surface area contributed by atoms with E-state index in [2.05, 4.69) is 4.74 Å². The van der Waals surface area contributed by atoms with Gasteiger partial charge in [0, 0.05) is 5.56 Å². The number of hydrogen-bond donors (Lipinski definition) is 2. The Morgan fingerprint density at radius 3 is 2.61 bits per heavy atom. The zero-order valence-corrected chi connectivity index (χ0v) is 9.85. The summed E-state index contributed by atoms with van der Waals surface area (Å²) in [5.74, 6) is -0.771. The third kappa shape index (κ3) is 3.48. The molecule has 0 aliphatic heterocycles. The molecule has 2 unspecified atom stereocenters. The first-order valence-corrected chi connectivity index (χ1v) is 5.45. The molecule has 0 aliphatic rings. The van der Waals surface area contributed by atoms with Gasteiger partial charge >= 0.3 is 5.97 Å². The maximum Gasteiger partial charge on any atom is 0.325 e. The van der Waals surface area contributed by atoms with Crippen molar-refractivity contribution in [2.45, 2.75) is 25.5 Å². The lowest BCUT2D eigenvalue weighted by Crippen LogP contribution is -2.38. The van der Waals surface area contributed by atoms with Crippen molar-refractivity contribution in [1.82, 2.24) is 0 Å². The number of benzene rings is 1. The second-order valence-electron chi connectivity index (χ2n) is 3.69. The highest BCUT2D eigenvalue weighted by Crippen LogP contribution is 2.23. The van der Waals surface area contributed by atoms with Crippen molar-refractivity contribution >= 4 is 5.97 Å². The maximum atomic E-state index is 12.5. The minimum absolute atomic E-state index is 0.135. The number of aliphatic hydroxyl groups is 1. The smallest absolute Gasteiger partial charge is 0.325 e. The van der Waals surface area contributed by atoms with Crippen LogP contribution in [-0.4, -0.2) is 23.7 Å². The first-order chi connectivity index (χ1) is 8.47. The molecule has 2 atom stereocenters. The van der Waals surface area contributed by atoms with Crippen LogP contribution in [0.2, 0.25) is 0 Å². The summed E-state index contributed by atoms with van der Waals surface area (Å²) >= 11 is 0. The fourth-order valence-corrected chi connectivity index (χ4v) is 1.45. The number of ether oxygens (including phenoxy) is 1. The van der Waals surface area contributed by atoms with E-state index in [9.17, 15) is 18.7 Å². The van der Waals surface area contributed by atoms with E-state index in [0.717, 1.165) is 6.07 Å². The Kier molecular flexibility index (Phi) is 5.18. The number of hydrogen-bond acceptors (Lipinski definition) is 4. The molecule has 0 saturated heterocycles. The van der Waals surface area contributed by atoms with Gasteiger partial charge in [-0.2, -0.15) is 0 Å². The van der Waals surface area contributed by atoms with Crippen molar-refractivity contribution in [3.05, 3.63) is 35.4 Å². The van der Waals surface area contributed by atoms with Crippen LogP contribution in [0.15, 0.2) is 24.3 Å². The number of carbonyl (C=O) groups is 1. The van der Waals surface area contributed by atoms with Gasteiger partial charge in [-0.25, -0.2) is 8.78 Å². The van der Waals surface area contributed by atoms with E-state index >= 15 is 0 Å². The molecule has 0 heterocycles. The van der Waals surface area contributed by atoms with Gasteiger partial charge in [0.15, 0.2) is 0 Å². The molecule has 1 aromatic rings. The second-order valence-corrected chi connectivity index (χ2v) is 3.69. The van der Waals surface area contributed by atoms with Gasteiger partial charge in [-0.3, -0.25) is 4.79 Å². The van der Waals surface area contributed by atoms with E-state index in [1.807, 2.05) is 0 Å². The third-order valence-corrected chi connectivity index (χ3v) is 2.40. The Morgan fingerprint density at radius 1 is 1.44 bits per heavy atom. The molecule has 0 radical (unpaired) electrons. The summed E-state index contributed by atoms with van der Waals surface area (Å²) in [6, 6.07) is 3.86. The first kappa shape index (κ1) is 14.5. The number of aliphatic hydroxyl groups excluding tert-OH is 1. The van der Waals surface area contributed by atoms with E-state index in [1.54, 1.807) is 6.92 Å². The highest BCUT2D eigenvalue weighted by molar-refractivity contribution is 5.76. The topological polar surface area (TPSA) is 72.5 Å². The number of halogens is 2. The minimum atomic E-state index is -2.64. The van der Waals surface area contributed by atoms with Crippen molar-refractivity contribution in [1.29, 1.82) is 0 Å².